The second-order valence-electron chi connectivity index (χ2n) is 4.95. The predicted octanol–water partition coefficient (Wildman–Crippen LogP) is 2.92. The van der Waals surface area contributed by atoms with Crippen LogP contribution in [0.25, 0.3) is 0 Å². The molecule has 0 spiro atoms. The molecular weight excluding hydrogens is 250 g/mol. The molecule has 0 bridgehead atoms. The first kappa shape index (κ1) is 14.6. The molecule has 0 saturated heterocycles. The molecule has 0 radical (unpaired) electrons. The Morgan fingerprint density at radius 1 is 1.35 bits per heavy atom. The van der Waals surface area contributed by atoms with Crippen LogP contribution >= 0.6 is 0 Å². The number of nitrogens with one attached hydrogen (secondary N) is 1. The van der Waals surface area contributed by atoms with Gasteiger partial charge < -0.3 is 10.1 Å². The van der Waals surface area contributed by atoms with Gasteiger partial charge in [-0.2, -0.15) is 5.10 Å². The number of aromatic nitrogens is 2. The lowest BCUT2D eigenvalue weighted by Crippen LogP contribution is -2.22. The minimum Gasteiger partial charge on any atom is -0.496 e. The Labute approximate surface area is 120 Å². The predicted molar refractivity (Wildman–Crippen MR) is 81.2 cm³/mol. The zero-order valence-corrected chi connectivity index (χ0v) is 12.7. The van der Waals surface area contributed by atoms with E-state index in [0.29, 0.717) is 0 Å². The lowest BCUT2D eigenvalue weighted by molar-refractivity contribution is 0.403. The Kier molecular flexibility index (Phi) is 4.79. The summed E-state index contributed by atoms with van der Waals surface area (Å²) in [5.74, 6) is 0.911. The van der Waals surface area contributed by atoms with Gasteiger partial charge >= 0.3 is 0 Å². The number of rotatable bonds is 6. The molecule has 1 aromatic heterocycles. The van der Waals surface area contributed by atoms with Crippen LogP contribution in [-0.2, 0) is 6.54 Å². The van der Waals surface area contributed by atoms with Crippen LogP contribution in [0.3, 0.4) is 0 Å². The highest BCUT2D eigenvalue weighted by atomic mass is 16.5. The van der Waals surface area contributed by atoms with E-state index in [4.69, 9.17) is 4.74 Å². The SMILES string of the molecule is CCCn1nccc1C(NC)c1ccc(C)cc1OC. The third kappa shape index (κ3) is 2.85. The van der Waals surface area contributed by atoms with Crippen LogP contribution in [0.2, 0.25) is 0 Å². The summed E-state index contributed by atoms with van der Waals surface area (Å²) < 4.78 is 7.59. The van der Waals surface area contributed by atoms with Gasteiger partial charge in [0.2, 0.25) is 0 Å². The minimum absolute atomic E-state index is 0.0830. The maximum absolute atomic E-state index is 5.54. The van der Waals surface area contributed by atoms with Gasteiger partial charge in [-0.25, -0.2) is 0 Å². The van der Waals surface area contributed by atoms with E-state index in [1.165, 1.54) is 5.56 Å². The minimum atomic E-state index is 0.0830. The van der Waals surface area contributed by atoms with Crippen LogP contribution in [0.1, 0.15) is 36.2 Å². The lowest BCUT2D eigenvalue weighted by atomic mass is 10.0. The molecule has 4 heteroatoms. The van der Waals surface area contributed by atoms with E-state index in [-0.39, 0.29) is 6.04 Å². The Morgan fingerprint density at radius 2 is 2.15 bits per heavy atom. The number of hydrogen-bond acceptors (Lipinski definition) is 3. The third-order valence-electron chi connectivity index (χ3n) is 3.47. The van der Waals surface area contributed by atoms with Crippen LogP contribution in [0.5, 0.6) is 5.75 Å². The summed E-state index contributed by atoms with van der Waals surface area (Å²) in [5.41, 5.74) is 3.50. The lowest BCUT2D eigenvalue weighted by Gasteiger charge is -2.21. The fourth-order valence-corrected chi connectivity index (χ4v) is 2.51. The van der Waals surface area contributed by atoms with E-state index in [9.17, 15) is 0 Å². The molecule has 1 atom stereocenters. The van der Waals surface area contributed by atoms with Crippen LogP contribution in [-0.4, -0.2) is 23.9 Å². The summed E-state index contributed by atoms with van der Waals surface area (Å²) in [5, 5.41) is 7.78. The normalized spacial score (nSPS) is 12.4. The number of ether oxygens (including phenoxy) is 1. The molecule has 1 N–H and O–H groups in total. The molecule has 0 aliphatic carbocycles. The summed E-state index contributed by atoms with van der Waals surface area (Å²) in [6, 6.07) is 8.46. The number of aryl methyl sites for hydroxylation is 2. The topological polar surface area (TPSA) is 39.1 Å². The summed E-state index contributed by atoms with van der Waals surface area (Å²) >= 11 is 0. The Balaban J connectivity index is 2.44. The molecule has 2 aromatic rings. The number of nitrogens with zero attached hydrogens (tertiary/aromatic N) is 2. The molecule has 0 amide bonds. The van der Waals surface area contributed by atoms with E-state index in [1.54, 1.807) is 7.11 Å². The van der Waals surface area contributed by atoms with Gasteiger partial charge in [-0.1, -0.05) is 19.1 Å². The molecule has 108 valence electrons. The largest absolute Gasteiger partial charge is 0.496 e. The highest BCUT2D eigenvalue weighted by Gasteiger charge is 2.20. The maximum Gasteiger partial charge on any atom is 0.124 e. The van der Waals surface area contributed by atoms with Gasteiger partial charge in [0.1, 0.15) is 5.75 Å². The van der Waals surface area contributed by atoms with Crippen molar-refractivity contribution in [3.05, 3.63) is 47.3 Å². The van der Waals surface area contributed by atoms with Crippen LogP contribution < -0.4 is 10.1 Å². The molecule has 1 heterocycles. The van der Waals surface area contributed by atoms with Gasteiger partial charge in [0.05, 0.1) is 18.8 Å². The monoisotopic (exact) mass is 273 g/mol. The van der Waals surface area contributed by atoms with Gasteiger partial charge in [-0.15, -0.1) is 0 Å². The van der Waals surface area contributed by atoms with E-state index in [1.807, 2.05) is 13.2 Å². The van der Waals surface area contributed by atoms with Gasteiger partial charge in [-0.05, 0) is 38.1 Å². The first-order valence-electron chi connectivity index (χ1n) is 7.04. The second-order valence-corrected chi connectivity index (χ2v) is 4.95. The van der Waals surface area contributed by atoms with E-state index in [0.717, 1.165) is 30.0 Å². The molecule has 4 nitrogen and oxygen atoms in total. The Hall–Kier alpha value is -1.81. The van der Waals surface area contributed by atoms with Crippen molar-refractivity contribution in [2.75, 3.05) is 14.2 Å². The second kappa shape index (κ2) is 6.57. The zero-order valence-electron chi connectivity index (χ0n) is 12.7. The Morgan fingerprint density at radius 3 is 2.80 bits per heavy atom. The molecular formula is C16H23N3O. The van der Waals surface area contributed by atoms with Gasteiger partial charge in [-0.3, -0.25) is 4.68 Å². The van der Waals surface area contributed by atoms with Crippen molar-refractivity contribution in [3.8, 4) is 5.75 Å². The molecule has 0 fully saturated rings. The number of methoxy groups -OCH3 is 1. The smallest absolute Gasteiger partial charge is 0.124 e. The fraction of sp³-hybridized carbons (Fsp3) is 0.438. The van der Waals surface area contributed by atoms with Crippen LogP contribution in [0.15, 0.2) is 30.5 Å². The van der Waals surface area contributed by atoms with Crippen LogP contribution in [0, 0.1) is 6.92 Å². The number of benzene rings is 1. The molecule has 1 aromatic carbocycles. The summed E-state index contributed by atoms with van der Waals surface area (Å²) in [6.07, 6.45) is 2.92. The van der Waals surface area contributed by atoms with Crippen molar-refractivity contribution < 1.29 is 4.74 Å². The average Bonchev–Trinajstić information content (AvgIpc) is 2.90. The molecule has 0 saturated carbocycles. The van der Waals surface area contributed by atoms with E-state index in [2.05, 4.69) is 53.2 Å². The van der Waals surface area contributed by atoms with E-state index >= 15 is 0 Å². The molecule has 20 heavy (non-hydrogen) atoms. The standard InChI is InChI=1S/C16H23N3O/c1-5-10-19-14(8-9-18-19)16(17-3)13-7-6-12(2)11-15(13)20-4/h6-9,11,16-17H,5,10H2,1-4H3. The van der Waals surface area contributed by atoms with Crippen molar-refractivity contribution in [1.82, 2.24) is 15.1 Å². The highest BCUT2D eigenvalue weighted by molar-refractivity contribution is 5.42. The molecule has 1 unspecified atom stereocenters. The number of hydrogen-bond donors (Lipinski definition) is 1. The average molecular weight is 273 g/mol. The fourth-order valence-electron chi connectivity index (χ4n) is 2.51. The maximum atomic E-state index is 5.54. The van der Waals surface area contributed by atoms with E-state index < -0.39 is 0 Å². The van der Waals surface area contributed by atoms with Crippen molar-refractivity contribution in [1.29, 1.82) is 0 Å². The van der Waals surface area contributed by atoms with Crippen molar-refractivity contribution in [2.45, 2.75) is 32.9 Å². The first-order chi connectivity index (χ1) is 9.71. The van der Waals surface area contributed by atoms with Gasteiger partial charge in [0.25, 0.3) is 0 Å². The zero-order chi connectivity index (χ0) is 14.5. The molecule has 0 aliphatic heterocycles. The van der Waals surface area contributed by atoms with Gasteiger partial charge in [0.15, 0.2) is 0 Å². The molecule has 0 aliphatic rings. The van der Waals surface area contributed by atoms with Crippen molar-refractivity contribution in [3.63, 3.8) is 0 Å². The first-order valence-corrected chi connectivity index (χ1v) is 7.04. The summed E-state index contributed by atoms with van der Waals surface area (Å²) in [7, 11) is 3.68. The van der Waals surface area contributed by atoms with Gasteiger partial charge in [0, 0.05) is 18.3 Å². The van der Waals surface area contributed by atoms with Crippen molar-refractivity contribution >= 4 is 0 Å². The molecule has 2 rings (SSSR count). The van der Waals surface area contributed by atoms with Crippen LogP contribution in [0.4, 0.5) is 0 Å². The summed E-state index contributed by atoms with van der Waals surface area (Å²) in [4.78, 5) is 0. The summed E-state index contributed by atoms with van der Waals surface area (Å²) in [6.45, 7) is 5.16. The Bertz CT molecular complexity index is 563. The third-order valence-corrected chi connectivity index (χ3v) is 3.47. The van der Waals surface area contributed by atoms with Crippen molar-refractivity contribution in [2.24, 2.45) is 0 Å². The highest BCUT2D eigenvalue weighted by Crippen LogP contribution is 2.30. The quantitative estimate of drug-likeness (QED) is 0.879.